The van der Waals surface area contributed by atoms with Gasteiger partial charge in [0.1, 0.15) is 11.8 Å². The molecule has 1 amide bonds. The van der Waals surface area contributed by atoms with Gasteiger partial charge in [0.25, 0.3) is 0 Å². The smallest absolute Gasteiger partial charge is 0.235 e. The Balaban J connectivity index is 2.33. The molecule has 1 heterocycles. The van der Waals surface area contributed by atoms with Crippen LogP contribution in [0.5, 0.6) is 5.75 Å². The maximum Gasteiger partial charge on any atom is 0.235 e. The molecule has 1 aromatic rings. The molecule has 1 N–H and O–H groups in total. The zero-order valence-electron chi connectivity index (χ0n) is 11.2. The summed E-state index contributed by atoms with van der Waals surface area (Å²) in [6, 6.07) is 6.37. The molecular formula is C14H17NO4. The highest BCUT2D eigenvalue weighted by atomic mass is 16.5. The van der Waals surface area contributed by atoms with E-state index in [9.17, 15) is 14.7 Å². The van der Waals surface area contributed by atoms with Crippen molar-refractivity contribution in [3.05, 3.63) is 24.3 Å². The Kier molecular flexibility index (Phi) is 3.57. The van der Waals surface area contributed by atoms with Crippen molar-refractivity contribution < 1.29 is 19.4 Å². The summed E-state index contributed by atoms with van der Waals surface area (Å²) in [5, 5.41) is 9.60. The third-order valence-electron chi connectivity index (χ3n) is 3.41. The molecule has 102 valence electrons. The van der Waals surface area contributed by atoms with Crippen LogP contribution in [0.1, 0.15) is 13.8 Å². The van der Waals surface area contributed by atoms with E-state index in [1.54, 1.807) is 24.3 Å². The molecule has 1 aromatic carbocycles. The number of ether oxygens (including phenoxy) is 1. The molecule has 19 heavy (non-hydrogen) atoms. The molecule has 1 aliphatic rings. The molecule has 2 rings (SSSR count). The first-order valence-electron chi connectivity index (χ1n) is 6.13. The average molecular weight is 263 g/mol. The minimum atomic E-state index is -0.830. The number of hydrogen-bond acceptors (Lipinski definition) is 4. The fourth-order valence-electron chi connectivity index (χ4n) is 2.46. The lowest BCUT2D eigenvalue weighted by Crippen LogP contribution is -2.67. The molecule has 0 bridgehead atoms. The zero-order valence-corrected chi connectivity index (χ0v) is 11.2. The second-order valence-electron chi connectivity index (χ2n) is 4.73. The molecule has 0 radical (unpaired) electrons. The van der Waals surface area contributed by atoms with Gasteiger partial charge in [-0.1, -0.05) is 6.07 Å². The summed E-state index contributed by atoms with van der Waals surface area (Å²) in [6.45, 7) is 2.96. The Morgan fingerprint density at radius 3 is 2.68 bits per heavy atom. The SMILES string of the molecule is COc1cccc(N2C(=O)[C@H](C(C)O)[C@H]2C(C)=O)c1. The molecule has 1 unspecified atom stereocenters. The van der Waals surface area contributed by atoms with Crippen LogP contribution >= 0.6 is 0 Å². The van der Waals surface area contributed by atoms with Crippen molar-refractivity contribution in [2.75, 3.05) is 12.0 Å². The average Bonchev–Trinajstić information content (AvgIpc) is 2.35. The second kappa shape index (κ2) is 5.01. The number of carbonyl (C=O) groups is 2. The van der Waals surface area contributed by atoms with Crippen LogP contribution in [-0.4, -0.2) is 36.1 Å². The highest BCUT2D eigenvalue weighted by Gasteiger charge is 2.52. The standard InChI is InChI=1S/C14H17NO4/c1-8(16)12-13(9(2)17)15(14(12)18)10-5-4-6-11(7-10)19-3/h4-8,12-13,16H,1-3H3/t8?,12-,13-/m1/s1. The van der Waals surface area contributed by atoms with E-state index in [2.05, 4.69) is 0 Å². The van der Waals surface area contributed by atoms with Crippen LogP contribution in [0.2, 0.25) is 0 Å². The number of ketones is 1. The van der Waals surface area contributed by atoms with E-state index in [-0.39, 0.29) is 11.7 Å². The predicted molar refractivity (Wildman–Crippen MR) is 70.1 cm³/mol. The lowest BCUT2D eigenvalue weighted by molar-refractivity contribution is -0.141. The topological polar surface area (TPSA) is 66.8 Å². The summed E-state index contributed by atoms with van der Waals surface area (Å²) in [5.41, 5.74) is 0.612. The van der Waals surface area contributed by atoms with Gasteiger partial charge in [-0.25, -0.2) is 0 Å². The van der Waals surface area contributed by atoms with Crippen LogP contribution < -0.4 is 9.64 Å². The molecule has 3 atom stereocenters. The number of β-lactam (4-membered cyclic amide) rings is 1. The third-order valence-corrected chi connectivity index (χ3v) is 3.41. The molecule has 0 saturated carbocycles. The Morgan fingerprint density at radius 1 is 1.47 bits per heavy atom. The maximum atomic E-state index is 12.1. The summed E-state index contributed by atoms with van der Waals surface area (Å²) in [4.78, 5) is 25.2. The van der Waals surface area contributed by atoms with E-state index < -0.39 is 18.1 Å². The highest BCUT2D eigenvalue weighted by molar-refractivity contribution is 6.12. The number of carbonyl (C=O) groups excluding carboxylic acids is 2. The number of aliphatic hydroxyl groups excluding tert-OH is 1. The van der Waals surface area contributed by atoms with Crippen LogP contribution in [0.15, 0.2) is 24.3 Å². The van der Waals surface area contributed by atoms with Crippen LogP contribution in [-0.2, 0) is 9.59 Å². The van der Waals surface area contributed by atoms with E-state index in [0.717, 1.165) is 0 Å². The maximum absolute atomic E-state index is 12.1. The van der Waals surface area contributed by atoms with Gasteiger partial charge in [-0.15, -0.1) is 0 Å². The molecule has 0 aliphatic carbocycles. The number of amides is 1. The van der Waals surface area contributed by atoms with Gasteiger partial charge in [0.05, 0.1) is 19.1 Å². The lowest BCUT2D eigenvalue weighted by Gasteiger charge is -2.47. The van der Waals surface area contributed by atoms with Gasteiger partial charge in [0, 0.05) is 11.8 Å². The quantitative estimate of drug-likeness (QED) is 0.823. The number of hydrogen-bond donors (Lipinski definition) is 1. The molecule has 1 saturated heterocycles. The molecule has 1 aliphatic heterocycles. The van der Waals surface area contributed by atoms with Crippen molar-refractivity contribution in [2.45, 2.75) is 26.0 Å². The van der Waals surface area contributed by atoms with E-state index in [4.69, 9.17) is 4.74 Å². The van der Waals surface area contributed by atoms with Crippen LogP contribution in [0, 0.1) is 5.92 Å². The number of rotatable bonds is 4. The largest absolute Gasteiger partial charge is 0.497 e. The monoisotopic (exact) mass is 263 g/mol. The number of benzene rings is 1. The third kappa shape index (κ3) is 2.21. The van der Waals surface area contributed by atoms with Gasteiger partial charge in [-0.2, -0.15) is 0 Å². The van der Waals surface area contributed by atoms with Crippen LogP contribution in [0.25, 0.3) is 0 Å². The van der Waals surface area contributed by atoms with E-state index in [1.165, 1.54) is 25.9 Å². The number of aliphatic hydroxyl groups is 1. The van der Waals surface area contributed by atoms with Crippen molar-refractivity contribution in [1.29, 1.82) is 0 Å². The van der Waals surface area contributed by atoms with Gasteiger partial charge in [-0.05, 0) is 26.0 Å². The van der Waals surface area contributed by atoms with Gasteiger partial charge in [0.2, 0.25) is 5.91 Å². The number of methoxy groups -OCH3 is 1. The van der Waals surface area contributed by atoms with Crippen molar-refractivity contribution >= 4 is 17.4 Å². The summed E-state index contributed by atoms with van der Waals surface area (Å²) < 4.78 is 5.11. The molecule has 0 aromatic heterocycles. The van der Waals surface area contributed by atoms with Crippen molar-refractivity contribution in [1.82, 2.24) is 0 Å². The normalized spacial score (nSPS) is 23.8. The first kappa shape index (κ1) is 13.5. The Bertz CT molecular complexity index is 512. The Labute approximate surface area is 111 Å². The van der Waals surface area contributed by atoms with Gasteiger partial charge < -0.3 is 14.7 Å². The fourth-order valence-corrected chi connectivity index (χ4v) is 2.46. The van der Waals surface area contributed by atoms with Gasteiger partial charge in [-0.3, -0.25) is 9.59 Å². The Morgan fingerprint density at radius 2 is 2.16 bits per heavy atom. The van der Waals surface area contributed by atoms with Crippen molar-refractivity contribution in [3.8, 4) is 5.75 Å². The fraction of sp³-hybridized carbons (Fsp3) is 0.429. The van der Waals surface area contributed by atoms with Crippen molar-refractivity contribution in [3.63, 3.8) is 0 Å². The van der Waals surface area contributed by atoms with Crippen LogP contribution in [0.3, 0.4) is 0 Å². The zero-order chi connectivity index (χ0) is 14.2. The second-order valence-corrected chi connectivity index (χ2v) is 4.73. The minimum Gasteiger partial charge on any atom is -0.497 e. The molecular weight excluding hydrogens is 246 g/mol. The van der Waals surface area contributed by atoms with Crippen molar-refractivity contribution in [2.24, 2.45) is 5.92 Å². The molecule has 0 spiro atoms. The first-order valence-corrected chi connectivity index (χ1v) is 6.13. The summed E-state index contributed by atoms with van der Waals surface area (Å²) >= 11 is 0. The molecule has 1 fully saturated rings. The number of nitrogens with zero attached hydrogens (tertiary/aromatic N) is 1. The lowest BCUT2D eigenvalue weighted by atomic mass is 9.80. The molecule has 5 heteroatoms. The van der Waals surface area contributed by atoms with E-state index in [0.29, 0.717) is 11.4 Å². The summed E-state index contributed by atoms with van der Waals surface area (Å²) in [6.07, 6.45) is -0.830. The highest BCUT2D eigenvalue weighted by Crippen LogP contribution is 2.36. The van der Waals surface area contributed by atoms with Gasteiger partial charge in [0.15, 0.2) is 5.78 Å². The van der Waals surface area contributed by atoms with Crippen LogP contribution in [0.4, 0.5) is 5.69 Å². The predicted octanol–water partition coefficient (Wildman–Crippen LogP) is 0.996. The minimum absolute atomic E-state index is 0.131. The Hall–Kier alpha value is -1.88. The summed E-state index contributed by atoms with van der Waals surface area (Å²) in [5.74, 6) is -0.395. The van der Waals surface area contributed by atoms with Gasteiger partial charge >= 0.3 is 0 Å². The molecule has 5 nitrogen and oxygen atoms in total. The first-order chi connectivity index (χ1) is 8.97. The van der Waals surface area contributed by atoms with E-state index in [1.807, 2.05) is 0 Å². The summed E-state index contributed by atoms with van der Waals surface area (Å²) in [7, 11) is 1.54. The number of Topliss-reactive ketones (excluding diaryl/α,β-unsaturated/α-hetero) is 1. The van der Waals surface area contributed by atoms with E-state index >= 15 is 0 Å². The number of anilines is 1.